The van der Waals surface area contributed by atoms with Crippen molar-refractivity contribution >= 4 is 23.1 Å². The third-order valence-corrected chi connectivity index (χ3v) is 4.70. The first kappa shape index (κ1) is 21.8. The molecule has 1 fully saturated rings. The molecule has 2 aromatic carbocycles. The minimum absolute atomic E-state index is 0.0333. The van der Waals surface area contributed by atoms with Gasteiger partial charge in [-0.25, -0.2) is 4.39 Å². The molecule has 0 saturated carbocycles. The van der Waals surface area contributed by atoms with Crippen LogP contribution in [0.4, 0.5) is 28.9 Å². The molecule has 1 heterocycles. The molecule has 2 aromatic rings. The van der Waals surface area contributed by atoms with Crippen molar-refractivity contribution in [1.82, 2.24) is 0 Å². The van der Waals surface area contributed by atoms with Gasteiger partial charge in [0.25, 0.3) is 0 Å². The Morgan fingerprint density at radius 3 is 2.30 bits per heavy atom. The molecule has 1 saturated heterocycles. The summed E-state index contributed by atoms with van der Waals surface area (Å²) in [7, 11) is 0. The number of carbonyl (C=O) groups is 2. The van der Waals surface area contributed by atoms with Gasteiger partial charge in [0.1, 0.15) is 5.82 Å². The van der Waals surface area contributed by atoms with Crippen LogP contribution in [0.25, 0.3) is 0 Å². The molecule has 30 heavy (non-hydrogen) atoms. The summed E-state index contributed by atoms with van der Waals surface area (Å²) in [5, 5.41) is 2.50. The average molecular weight is 424 g/mol. The van der Waals surface area contributed by atoms with Gasteiger partial charge in [0.05, 0.1) is 30.2 Å². The lowest BCUT2D eigenvalue weighted by molar-refractivity contribution is -0.137. The zero-order chi connectivity index (χ0) is 21.7. The lowest BCUT2D eigenvalue weighted by Crippen LogP contribution is -2.36. The molecule has 1 aliphatic heterocycles. The van der Waals surface area contributed by atoms with Crippen LogP contribution in [-0.4, -0.2) is 38.0 Å². The standard InChI is InChI=1S/C21H20F4N2O3/c22-16-4-1-14(2-5-16)19(28)7-8-20(29)26-17-13-15(21(23,24)25)3-6-18(17)27-9-11-30-12-10-27/h1-6,13H,7-12H2,(H,26,29). The lowest BCUT2D eigenvalue weighted by Gasteiger charge is -2.31. The van der Waals surface area contributed by atoms with Crippen molar-refractivity contribution in [2.75, 3.05) is 36.5 Å². The number of Topliss-reactive ketones (excluding diaryl/α,β-unsaturated/α-hetero) is 1. The van der Waals surface area contributed by atoms with Crippen molar-refractivity contribution in [1.29, 1.82) is 0 Å². The molecular weight excluding hydrogens is 404 g/mol. The Hall–Kier alpha value is -2.94. The fourth-order valence-corrected chi connectivity index (χ4v) is 3.11. The van der Waals surface area contributed by atoms with E-state index < -0.39 is 23.5 Å². The topological polar surface area (TPSA) is 58.6 Å². The van der Waals surface area contributed by atoms with Crippen LogP contribution in [0.2, 0.25) is 0 Å². The van der Waals surface area contributed by atoms with Crippen LogP contribution in [0.1, 0.15) is 28.8 Å². The number of ketones is 1. The molecule has 0 atom stereocenters. The largest absolute Gasteiger partial charge is 0.416 e. The zero-order valence-corrected chi connectivity index (χ0v) is 16.0. The fraction of sp³-hybridized carbons (Fsp3) is 0.333. The van der Waals surface area contributed by atoms with Crippen LogP contribution < -0.4 is 10.2 Å². The van der Waals surface area contributed by atoms with E-state index in [1.165, 1.54) is 18.2 Å². The molecule has 0 radical (unpaired) electrons. The maximum atomic E-state index is 13.1. The third-order valence-electron chi connectivity index (χ3n) is 4.70. The Morgan fingerprint density at radius 1 is 1.00 bits per heavy atom. The highest BCUT2D eigenvalue weighted by Gasteiger charge is 2.32. The van der Waals surface area contributed by atoms with Crippen molar-refractivity contribution in [2.45, 2.75) is 19.0 Å². The van der Waals surface area contributed by atoms with Crippen molar-refractivity contribution in [3.8, 4) is 0 Å². The second-order valence-electron chi connectivity index (χ2n) is 6.81. The molecule has 9 heteroatoms. The van der Waals surface area contributed by atoms with Crippen molar-refractivity contribution in [3.05, 3.63) is 59.4 Å². The van der Waals surface area contributed by atoms with Gasteiger partial charge < -0.3 is 15.0 Å². The number of carbonyl (C=O) groups excluding carboxylic acids is 2. The normalized spacial score (nSPS) is 14.5. The van der Waals surface area contributed by atoms with E-state index in [9.17, 15) is 27.2 Å². The molecule has 160 valence electrons. The van der Waals surface area contributed by atoms with Crippen molar-refractivity contribution in [2.24, 2.45) is 0 Å². The first-order valence-electron chi connectivity index (χ1n) is 9.36. The molecular formula is C21H20F4N2O3. The van der Waals surface area contributed by atoms with E-state index in [0.29, 0.717) is 32.0 Å². The summed E-state index contributed by atoms with van der Waals surface area (Å²) in [4.78, 5) is 26.3. The van der Waals surface area contributed by atoms with Crippen LogP contribution >= 0.6 is 0 Å². The maximum Gasteiger partial charge on any atom is 0.416 e. The maximum absolute atomic E-state index is 13.1. The summed E-state index contributed by atoms with van der Waals surface area (Å²) in [6.45, 7) is 1.83. The van der Waals surface area contributed by atoms with E-state index in [-0.39, 0.29) is 29.9 Å². The predicted molar refractivity (Wildman–Crippen MR) is 103 cm³/mol. The smallest absolute Gasteiger partial charge is 0.378 e. The Morgan fingerprint density at radius 2 is 1.67 bits per heavy atom. The van der Waals surface area contributed by atoms with Crippen LogP contribution in [0.5, 0.6) is 0 Å². The number of amides is 1. The minimum Gasteiger partial charge on any atom is -0.378 e. The minimum atomic E-state index is -4.55. The highest BCUT2D eigenvalue weighted by atomic mass is 19.4. The zero-order valence-electron chi connectivity index (χ0n) is 16.0. The number of nitrogens with one attached hydrogen (secondary N) is 1. The van der Waals surface area contributed by atoms with Crippen LogP contribution in [-0.2, 0) is 15.7 Å². The molecule has 1 aliphatic rings. The van der Waals surface area contributed by atoms with E-state index in [4.69, 9.17) is 4.74 Å². The number of morpholine rings is 1. The number of rotatable bonds is 6. The summed E-state index contributed by atoms with van der Waals surface area (Å²) in [5.41, 5.74) is -0.120. The van der Waals surface area contributed by atoms with Gasteiger partial charge in [0, 0.05) is 31.5 Å². The monoisotopic (exact) mass is 424 g/mol. The van der Waals surface area contributed by atoms with Crippen LogP contribution in [0.3, 0.4) is 0 Å². The number of ether oxygens (including phenoxy) is 1. The molecule has 3 rings (SSSR count). The number of anilines is 2. The Kier molecular flexibility index (Phi) is 6.71. The number of benzene rings is 2. The number of hydrogen-bond donors (Lipinski definition) is 1. The second kappa shape index (κ2) is 9.25. The van der Waals surface area contributed by atoms with Gasteiger partial charge in [-0.3, -0.25) is 9.59 Å². The quantitative estimate of drug-likeness (QED) is 0.556. The SMILES string of the molecule is O=C(CCC(=O)c1ccc(F)cc1)Nc1cc(C(F)(F)F)ccc1N1CCOCC1. The van der Waals surface area contributed by atoms with E-state index in [0.717, 1.165) is 24.3 Å². The Balaban J connectivity index is 1.71. The Bertz CT molecular complexity index is 907. The molecule has 0 spiro atoms. The van der Waals surface area contributed by atoms with Gasteiger partial charge in [0.2, 0.25) is 5.91 Å². The number of halogens is 4. The third kappa shape index (κ3) is 5.56. The van der Waals surface area contributed by atoms with E-state index in [1.807, 2.05) is 4.90 Å². The van der Waals surface area contributed by atoms with Gasteiger partial charge in [0.15, 0.2) is 5.78 Å². The van der Waals surface area contributed by atoms with Gasteiger partial charge in [-0.05, 0) is 42.5 Å². The van der Waals surface area contributed by atoms with Gasteiger partial charge in [-0.2, -0.15) is 13.2 Å². The summed E-state index contributed by atoms with van der Waals surface area (Å²) in [6, 6.07) is 8.11. The first-order valence-corrected chi connectivity index (χ1v) is 9.36. The van der Waals surface area contributed by atoms with E-state index in [1.54, 1.807) is 0 Å². The highest BCUT2D eigenvalue weighted by molar-refractivity contribution is 6.01. The number of alkyl halides is 3. The fourth-order valence-electron chi connectivity index (χ4n) is 3.11. The molecule has 0 unspecified atom stereocenters. The van der Waals surface area contributed by atoms with Crippen LogP contribution in [0.15, 0.2) is 42.5 Å². The molecule has 1 amide bonds. The van der Waals surface area contributed by atoms with Gasteiger partial charge in [-0.1, -0.05) is 0 Å². The highest BCUT2D eigenvalue weighted by Crippen LogP contribution is 2.35. The van der Waals surface area contributed by atoms with E-state index >= 15 is 0 Å². The second-order valence-corrected chi connectivity index (χ2v) is 6.81. The summed E-state index contributed by atoms with van der Waals surface area (Å²) < 4.78 is 57.6. The number of nitrogens with zero attached hydrogens (tertiary/aromatic N) is 1. The molecule has 1 N–H and O–H groups in total. The van der Waals surface area contributed by atoms with Gasteiger partial charge >= 0.3 is 6.18 Å². The van der Waals surface area contributed by atoms with Crippen molar-refractivity contribution in [3.63, 3.8) is 0 Å². The number of hydrogen-bond acceptors (Lipinski definition) is 4. The first-order chi connectivity index (χ1) is 14.2. The molecule has 0 bridgehead atoms. The average Bonchev–Trinajstić information content (AvgIpc) is 2.72. The lowest BCUT2D eigenvalue weighted by atomic mass is 10.1. The molecule has 0 aliphatic carbocycles. The van der Waals surface area contributed by atoms with Crippen LogP contribution in [0, 0.1) is 5.82 Å². The predicted octanol–water partition coefficient (Wildman–Crippen LogP) is 4.28. The molecule has 0 aromatic heterocycles. The Labute approximate surface area is 170 Å². The van der Waals surface area contributed by atoms with Crippen molar-refractivity contribution < 1.29 is 31.9 Å². The summed E-state index contributed by atoms with van der Waals surface area (Å²) >= 11 is 0. The van der Waals surface area contributed by atoms with E-state index in [2.05, 4.69) is 5.32 Å². The summed E-state index contributed by atoms with van der Waals surface area (Å²) in [6.07, 6.45) is -4.92. The van der Waals surface area contributed by atoms with Gasteiger partial charge in [-0.15, -0.1) is 0 Å². The molecule has 5 nitrogen and oxygen atoms in total. The summed E-state index contributed by atoms with van der Waals surface area (Å²) in [5.74, 6) is -1.42.